The van der Waals surface area contributed by atoms with Crippen LogP contribution in [0.15, 0.2) is 42.5 Å². The lowest BCUT2D eigenvalue weighted by molar-refractivity contribution is 0.102. The summed E-state index contributed by atoms with van der Waals surface area (Å²) in [4.78, 5) is 12.2. The average Bonchev–Trinajstić information content (AvgIpc) is 2.48. The highest BCUT2D eigenvalue weighted by Crippen LogP contribution is 2.14. The lowest BCUT2D eigenvalue weighted by Crippen LogP contribution is -2.12. The van der Waals surface area contributed by atoms with Crippen LogP contribution in [0, 0.1) is 25.7 Å². The second-order valence-corrected chi connectivity index (χ2v) is 4.81. The van der Waals surface area contributed by atoms with E-state index in [0.29, 0.717) is 5.56 Å². The Bertz CT molecular complexity index is 706. The number of aryl methyl sites for hydroxylation is 2. The number of anilines is 1. The molecule has 0 aromatic heterocycles. The number of rotatable bonds is 2. The van der Waals surface area contributed by atoms with Crippen LogP contribution in [-0.4, -0.2) is 17.6 Å². The molecule has 0 bridgehead atoms. The highest BCUT2D eigenvalue weighted by molar-refractivity contribution is 6.04. The summed E-state index contributed by atoms with van der Waals surface area (Å²) in [6, 6.07) is 13.0. The van der Waals surface area contributed by atoms with E-state index < -0.39 is 0 Å². The van der Waals surface area contributed by atoms with Gasteiger partial charge in [0.25, 0.3) is 5.91 Å². The molecule has 0 atom stereocenters. The number of carbonyl (C=O) groups is 1. The van der Waals surface area contributed by atoms with Crippen LogP contribution in [0.1, 0.15) is 27.0 Å². The van der Waals surface area contributed by atoms with Gasteiger partial charge in [-0.2, -0.15) is 0 Å². The van der Waals surface area contributed by atoms with Crippen LogP contribution in [0.2, 0.25) is 0 Å². The molecule has 106 valence electrons. The fourth-order valence-corrected chi connectivity index (χ4v) is 1.87. The van der Waals surface area contributed by atoms with E-state index in [1.807, 2.05) is 44.2 Å². The molecule has 2 aromatic carbocycles. The molecule has 1 amide bonds. The lowest BCUT2D eigenvalue weighted by atomic mass is 10.0. The number of aliphatic hydroxyl groups is 1. The van der Waals surface area contributed by atoms with E-state index in [1.165, 1.54) is 0 Å². The second kappa shape index (κ2) is 6.74. The molecular formula is C18H17NO2. The van der Waals surface area contributed by atoms with Crippen LogP contribution in [0.5, 0.6) is 0 Å². The zero-order valence-electron chi connectivity index (χ0n) is 12.1. The number of nitrogens with one attached hydrogen (secondary N) is 1. The van der Waals surface area contributed by atoms with Crippen molar-refractivity contribution in [3.8, 4) is 11.8 Å². The molecule has 0 saturated heterocycles. The van der Waals surface area contributed by atoms with Crippen molar-refractivity contribution < 1.29 is 9.90 Å². The Hall–Kier alpha value is -2.57. The van der Waals surface area contributed by atoms with Crippen LogP contribution in [-0.2, 0) is 0 Å². The molecule has 2 rings (SSSR count). The minimum Gasteiger partial charge on any atom is -0.384 e. The molecule has 0 aliphatic carbocycles. The van der Waals surface area contributed by atoms with Crippen LogP contribution >= 0.6 is 0 Å². The van der Waals surface area contributed by atoms with E-state index in [9.17, 15) is 4.79 Å². The van der Waals surface area contributed by atoms with Crippen LogP contribution in [0.25, 0.3) is 0 Å². The molecule has 3 nitrogen and oxygen atoms in total. The predicted molar refractivity (Wildman–Crippen MR) is 84.3 cm³/mol. The zero-order chi connectivity index (χ0) is 15.2. The van der Waals surface area contributed by atoms with Crippen molar-refractivity contribution in [3.05, 3.63) is 64.7 Å². The summed E-state index contributed by atoms with van der Waals surface area (Å²) in [5.41, 5.74) is 4.17. The Balaban J connectivity index is 2.21. The van der Waals surface area contributed by atoms with Gasteiger partial charge in [-0.1, -0.05) is 35.6 Å². The van der Waals surface area contributed by atoms with E-state index in [0.717, 1.165) is 22.4 Å². The molecule has 0 aliphatic rings. The lowest BCUT2D eigenvalue weighted by Gasteiger charge is -2.07. The fraction of sp³-hybridized carbons (Fsp3) is 0.167. The van der Waals surface area contributed by atoms with Gasteiger partial charge in [-0.05, 0) is 43.7 Å². The van der Waals surface area contributed by atoms with E-state index >= 15 is 0 Å². The molecular weight excluding hydrogens is 262 g/mol. The van der Waals surface area contributed by atoms with Gasteiger partial charge >= 0.3 is 0 Å². The molecule has 0 fully saturated rings. The van der Waals surface area contributed by atoms with Crippen molar-refractivity contribution in [2.45, 2.75) is 13.8 Å². The van der Waals surface area contributed by atoms with Crippen molar-refractivity contribution in [1.29, 1.82) is 0 Å². The summed E-state index contributed by atoms with van der Waals surface area (Å²) in [5.74, 6) is 5.28. The summed E-state index contributed by atoms with van der Waals surface area (Å²) in [7, 11) is 0. The topological polar surface area (TPSA) is 49.3 Å². The smallest absolute Gasteiger partial charge is 0.255 e. The van der Waals surface area contributed by atoms with Crippen LogP contribution in [0.3, 0.4) is 0 Å². The van der Waals surface area contributed by atoms with Crippen LogP contribution < -0.4 is 5.32 Å². The number of aliphatic hydroxyl groups excluding tert-OH is 1. The monoisotopic (exact) mass is 279 g/mol. The second-order valence-electron chi connectivity index (χ2n) is 4.81. The van der Waals surface area contributed by atoms with E-state index in [-0.39, 0.29) is 12.5 Å². The van der Waals surface area contributed by atoms with E-state index in [1.54, 1.807) is 12.1 Å². The third-order valence-corrected chi connectivity index (χ3v) is 3.11. The van der Waals surface area contributed by atoms with Gasteiger partial charge in [-0.15, -0.1) is 0 Å². The van der Waals surface area contributed by atoms with Crippen molar-refractivity contribution in [2.75, 3.05) is 11.9 Å². The van der Waals surface area contributed by atoms with Crippen molar-refractivity contribution >= 4 is 11.6 Å². The summed E-state index contributed by atoms with van der Waals surface area (Å²) in [5, 5.41) is 11.6. The summed E-state index contributed by atoms with van der Waals surface area (Å²) in [6.45, 7) is 3.72. The normalized spacial score (nSPS) is 9.67. The zero-order valence-corrected chi connectivity index (χ0v) is 12.1. The molecule has 0 heterocycles. The minimum atomic E-state index is -0.195. The Morgan fingerprint density at radius 1 is 1.14 bits per heavy atom. The number of hydrogen-bond acceptors (Lipinski definition) is 2. The minimum absolute atomic E-state index is 0.175. The first kappa shape index (κ1) is 14.8. The maximum atomic E-state index is 12.2. The van der Waals surface area contributed by atoms with Crippen molar-refractivity contribution in [1.82, 2.24) is 0 Å². The Morgan fingerprint density at radius 3 is 2.52 bits per heavy atom. The van der Waals surface area contributed by atoms with E-state index in [2.05, 4.69) is 17.2 Å². The highest BCUT2D eigenvalue weighted by atomic mass is 16.2. The molecule has 0 radical (unpaired) electrons. The summed E-state index contributed by atoms with van der Waals surface area (Å²) < 4.78 is 0. The molecule has 0 aliphatic heterocycles. The first-order chi connectivity index (χ1) is 10.1. The molecule has 0 spiro atoms. The maximum absolute atomic E-state index is 12.2. The van der Waals surface area contributed by atoms with Gasteiger partial charge in [-0.25, -0.2) is 0 Å². The molecule has 0 unspecified atom stereocenters. The first-order valence-corrected chi connectivity index (χ1v) is 6.68. The number of carbonyl (C=O) groups excluding carboxylic acids is 1. The number of hydrogen-bond donors (Lipinski definition) is 2. The third-order valence-electron chi connectivity index (χ3n) is 3.11. The SMILES string of the molecule is Cc1ccc(NC(=O)c2ccc(C)c(C#CCO)c2)cc1. The van der Waals surface area contributed by atoms with Gasteiger partial charge in [0, 0.05) is 16.8 Å². The standard InChI is InChI=1S/C18H17NO2/c1-13-5-9-17(10-6-13)19-18(21)16-8-7-14(2)15(12-16)4-3-11-20/h5-10,12,20H,11H2,1-2H3,(H,19,21). The molecule has 2 aromatic rings. The largest absolute Gasteiger partial charge is 0.384 e. The first-order valence-electron chi connectivity index (χ1n) is 6.68. The van der Waals surface area contributed by atoms with Crippen molar-refractivity contribution in [3.63, 3.8) is 0 Å². The highest BCUT2D eigenvalue weighted by Gasteiger charge is 2.07. The van der Waals surface area contributed by atoms with Gasteiger partial charge in [0.1, 0.15) is 6.61 Å². The number of amides is 1. The van der Waals surface area contributed by atoms with E-state index in [4.69, 9.17) is 5.11 Å². The molecule has 0 saturated carbocycles. The Kier molecular flexibility index (Phi) is 4.76. The molecule has 21 heavy (non-hydrogen) atoms. The fourth-order valence-electron chi connectivity index (χ4n) is 1.87. The third kappa shape index (κ3) is 3.95. The van der Waals surface area contributed by atoms with Crippen LogP contribution in [0.4, 0.5) is 5.69 Å². The number of benzene rings is 2. The van der Waals surface area contributed by atoms with Gasteiger partial charge < -0.3 is 10.4 Å². The van der Waals surface area contributed by atoms with Gasteiger partial charge in [0.05, 0.1) is 0 Å². The summed E-state index contributed by atoms with van der Waals surface area (Å²) in [6.07, 6.45) is 0. The predicted octanol–water partition coefficient (Wildman–Crippen LogP) is 2.90. The summed E-state index contributed by atoms with van der Waals surface area (Å²) >= 11 is 0. The maximum Gasteiger partial charge on any atom is 0.255 e. The van der Waals surface area contributed by atoms with Gasteiger partial charge in [0.2, 0.25) is 0 Å². The average molecular weight is 279 g/mol. The van der Waals surface area contributed by atoms with Gasteiger partial charge in [-0.3, -0.25) is 4.79 Å². The van der Waals surface area contributed by atoms with Crippen molar-refractivity contribution in [2.24, 2.45) is 0 Å². The molecule has 2 N–H and O–H groups in total. The van der Waals surface area contributed by atoms with Gasteiger partial charge in [0.15, 0.2) is 0 Å². The quantitative estimate of drug-likeness (QED) is 0.830. The Labute approximate surface area is 124 Å². The molecule has 3 heteroatoms. The Morgan fingerprint density at radius 2 is 1.86 bits per heavy atom.